The summed E-state index contributed by atoms with van der Waals surface area (Å²) < 4.78 is 13.4. The maximum atomic E-state index is 13.4. The molecule has 0 saturated heterocycles. The standard InChI is InChI=1S/C12H13FN2/c13-11-2-1-3-12-10(11)6-9(15-12)7-14-8-4-5-8/h1-3,6,8,14-15H,4-5,7H2. The third kappa shape index (κ3) is 1.75. The van der Waals surface area contributed by atoms with Gasteiger partial charge in [0.25, 0.3) is 0 Å². The predicted octanol–water partition coefficient (Wildman–Crippen LogP) is 2.56. The molecule has 1 aromatic heterocycles. The minimum Gasteiger partial charge on any atom is -0.357 e. The van der Waals surface area contributed by atoms with E-state index in [-0.39, 0.29) is 5.82 Å². The molecule has 1 aromatic carbocycles. The molecule has 0 spiro atoms. The number of aromatic nitrogens is 1. The first-order valence-electron chi connectivity index (χ1n) is 5.32. The fourth-order valence-electron chi connectivity index (χ4n) is 1.81. The Morgan fingerprint density at radius 3 is 3.00 bits per heavy atom. The number of fused-ring (bicyclic) bond motifs is 1. The summed E-state index contributed by atoms with van der Waals surface area (Å²) in [6.07, 6.45) is 2.54. The molecular formula is C12H13FN2. The maximum absolute atomic E-state index is 13.4. The normalized spacial score (nSPS) is 16.1. The molecule has 1 aliphatic carbocycles. The average Bonchev–Trinajstić information content (AvgIpc) is 2.95. The minimum atomic E-state index is -0.151. The highest BCUT2D eigenvalue weighted by molar-refractivity contribution is 5.80. The summed E-state index contributed by atoms with van der Waals surface area (Å²) in [5.74, 6) is -0.151. The van der Waals surface area contributed by atoms with Crippen molar-refractivity contribution in [3.63, 3.8) is 0 Å². The van der Waals surface area contributed by atoms with Crippen LogP contribution in [-0.2, 0) is 6.54 Å². The third-order valence-electron chi connectivity index (χ3n) is 2.83. The van der Waals surface area contributed by atoms with Gasteiger partial charge in [0.1, 0.15) is 5.82 Å². The van der Waals surface area contributed by atoms with E-state index in [1.807, 2.05) is 12.1 Å². The lowest BCUT2D eigenvalue weighted by atomic mass is 10.2. The predicted molar refractivity (Wildman–Crippen MR) is 58.1 cm³/mol. The van der Waals surface area contributed by atoms with Crippen LogP contribution < -0.4 is 5.32 Å². The second-order valence-corrected chi connectivity index (χ2v) is 4.15. The van der Waals surface area contributed by atoms with Gasteiger partial charge in [0.15, 0.2) is 0 Å². The van der Waals surface area contributed by atoms with Crippen LogP contribution in [0.5, 0.6) is 0 Å². The van der Waals surface area contributed by atoms with Gasteiger partial charge in [0, 0.05) is 29.2 Å². The molecule has 3 heteroatoms. The van der Waals surface area contributed by atoms with E-state index in [1.165, 1.54) is 18.9 Å². The van der Waals surface area contributed by atoms with Gasteiger partial charge in [0.05, 0.1) is 0 Å². The van der Waals surface area contributed by atoms with Crippen molar-refractivity contribution in [1.29, 1.82) is 0 Å². The molecule has 1 aliphatic rings. The van der Waals surface area contributed by atoms with Crippen molar-refractivity contribution >= 4 is 10.9 Å². The Morgan fingerprint density at radius 1 is 1.40 bits per heavy atom. The number of hydrogen-bond donors (Lipinski definition) is 2. The van der Waals surface area contributed by atoms with Gasteiger partial charge in [-0.05, 0) is 31.0 Å². The zero-order chi connectivity index (χ0) is 10.3. The summed E-state index contributed by atoms with van der Waals surface area (Å²) in [6.45, 7) is 0.804. The Kier molecular flexibility index (Phi) is 1.99. The summed E-state index contributed by atoms with van der Waals surface area (Å²) in [5, 5.41) is 4.08. The summed E-state index contributed by atoms with van der Waals surface area (Å²) in [5.41, 5.74) is 1.93. The molecule has 2 aromatic rings. The first-order valence-corrected chi connectivity index (χ1v) is 5.32. The van der Waals surface area contributed by atoms with Crippen molar-refractivity contribution in [1.82, 2.24) is 10.3 Å². The smallest absolute Gasteiger partial charge is 0.132 e. The summed E-state index contributed by atoms with van der Waals surface area (Å²) in [4.78, 5) is 3.22. The van der Waals surface area contributed by atoms with Crippen molar-refractivity contribution in [2.24, 2.45) is 0 Å². The molecule has 78 valence electrons. The molecule has 0 bridgehead atoms. The fourth-order valence-corrected chi connectivity index (χ4v) is 1.81. The van der Waals surface area contributed by atoms with Crippen LogP contribution in [0, 0.1) is 5.82 Å². The van der Waals surface area contributed by atoms with Crippen LogP contribution in [0.15, 0.2) is 24.3 Å². The Balaban J connectivity index is 1.88. The Hall–Kier alpha value is -1.35. The lowest BCUT2D eigenvalue weighted by molar-refractivity contribution is 0.640. The molecule has 1 fully saturated rings. The monoisotopic (exact) mass is 204 g/mol. The van der Waals surface area contributed by atoms with Crippen molar-refractivity contribution in [2.45, 2.75) is 25.4 Å². The Morgan fingerprint density at radius 2 is 2.27 bits per heavy atom. The van der Waals surface area contributed by atoms with Gasteiger partial charge in [-0.1, -0.05) is 6.07 Å². The van der Waals surface area contributed by atoms with Crippen LogP contribution in [0.1, 0.15) is 18.5 Å². The van der Waals surface area contributed by atoms with E-state index >= 15 is 0 Å². The van der Waals surface area contributed by atoms with E-state index in [0.29, 0.717) is 11.4 Å². The van der Waals surface area contributed by atoms with Crippen molar-refractivity contribution in [2.75, 3.05) is 0 Å². The number of nitrogens with one attached hydrogen (secondary N) is 2. The summed E-state index contributed by atoms with van der Waals surface area (Å²) >= 11 is 0. The van der Waals surface area contributed by atoms with Crippen LogP contribution in [0.3, 0.4) is 0 Å². The van der Waals surface area contributed by atoms with Crippen molar-refractivity contribution in [3.8, 4) is 0 Å². The van der Waals surface area contributed by atoms with Gasteiger partial charge < -0.3 is 10.3 Å². The van der Waals surface area contributed by atoms with E-state index in [2.05, 4.69) is 10.3 Å². The number of aromatic amines is 1. The second kappa shape index (κ2) is 3.35. The van der Waals surface area contributed by atoms with Gasteiger partial charge in [-0.3, -0.25) is 0 Å². The van der Waals surface area contributed by atoms with E-state index < -0.39 is 0 Å². The molecule has 0 aliphatic heterocycles. The van der Waals surface area contributed by atoms with E-state index in [4.69, 9.17) is 0 Å². The van der Waals surface area contributed by atoms with Crippen LogP contribution >= 0.6 is 0 Å². The zero-order valence-corrected chi connectivity index (χ0v) is 8.39. The van der Waals surface area contributed by atoms with Crippen molar-refractivity contribution in [3.05, 3.63) is 35.8 Å². The molecule has 1 saturated carbocycles. The number of hydrogen-bond acceptors (Lipinski definition) is 1. The van der Waals surface area contributed by atoms with Crippen LogP contribution in [0.4, 0.5) is 4.39 Å². The number of halogens is 1. The lowest BCUT2D eigenvalue weighted by Crippen LogP contribution is -2.15. The van der Waals surface area contributed by atoms with Crippen LogP contribution in [0.2, 0.25) is 0 Å². The number of rotatable bonds is 3. The highest BCUT2D eigenvalue weighted by Gasteiger charge is 2.20. The van der Waals surface area contributed by atoms with Gasteiger partial charge >= 0.3 is 0 Å². The molecule has 3 rings (SSSR count). The van der Waals surface area contributed by atoms with E-state index in [9.17, 15) is 4.39 Å². The maximum Gasteiger partial charge on any atom is 0.132 e. The van der Waals surface area contributed by atoms with Gasteiger partial charge in [-0.15, -0.1) is 0 Å². The highest BCUT2D eigenvalue weighted by atomic mass is 19.1. The molecule has 0 unspecified atom stereocenters. The number of H-pyrrole nitrogens is 1. The minimum absolute atomic E-state index is 0.151. The van der Waals surface area contributed by atoms with E-state index in [0.717, 1.165) is 17.8 Å². The SMILES string of the molecule is Fc1cccc2[nH]c(CNC3CC3)cc12. The topological polar surface area (TPSA) is 27.8 Å². The first kappa shape index (κ1) is 8.92. The summed E-state index contributed by atoms with van der Waals surface area (Å²) in [6, 6.07) is 7.70. The zero-order valence-electron chi connectivity index (χ0n) is 8.39. The third-order valence-corrected chi connectivity index (χ3v) is 2.83. The lowest BCUT2D eigenvalue weighted by Gasteiger charge is -1.98. The van der Waals surface area contributed by atoms with Crippen LogP contribution in [0.25, 0.3) is 10.9 Å². The Labute approximate surface area is 87.5 Å². The highest BCUT2D eigenvalue weighted by Crippen LogP contribution is 2.21. The fraction of sp³-hybridized carbons (Fsp3) is 0.333. The first-order chi connectivity index (χ1) is 7.33. The summed E-state index contributed by atoms with van der Waals surface area (Å²) in [7, 11) is 0. The molecular weight excluding hydrogens is 191 g/mol. The molecule has 15 heavy (non-hydrogen) atoms. The second-order valence-electron chi connectivity index (χ2n) is 4.15. The number of benzene rings is 1. The average molecular weight is 204 g/mol. The molecule has 0 atom stereocenters. The van der Waals surface area contributed by atoms with Crippen LogP contribution in [-0.4, -0.2) is 11.0 Å². The molecule has 0 radical (unpaired) electrons. The van der Waals surface area contributed by atoms with E-state index in [1.54, 1.807) is 6.07 Å². The molecule has 0 amide bonds. The van der Waals surface area contributed by atoms with Crippen molar-refractivity contribution < 1.29 is 4.39 Å². The largest absolute Gasteiger partial charge is 0.357 e. The van der Waals surface area contributed by atoms with Gasteiger partial charge in [0.2, 0.25) is 0 Å². The molecule has 2 N–H and O–H groups in total. The van der Waals surface area contributed by atoms with Gasteiger partial charge in [-0.2, -0.15) is 0 Å². The molecule has 1 heterocycles. The molecule has 2 nitrogen and oxygen atoms in total. The Bertz CT molecular complexity index is 485. The quantitative estimate of drug-likeness (QED) is 0.790. The van der Waals surface area contributed by atoms with Gasteiger partial charge in [-0.25, -0.2) is 4.39 Å².